The van der Waals surface area contributed by atoms with Crippen molar-refractivity contribution < 1.29 is 9.52 Å². The van der Waals surface area contributed by atoms with Gasteiger partial charge in [0.2, 0.25) is 0 Å². The van der Waals surface area contributed by atoms with Crippen LogP contribution in [0.5, 0.6) is 0 Å². The standard InChI is InChI=1S/C16H18ClNO2/c17-16-4-2-1-3-15(16)12-7-8-18(9-12)10-13-5-6-14(11-19)20-13/h1-6,12,19H,7-11H2. The highest BCUT2D eigenvalue weighted by Crippen LogP contribution is 2.32. The molecule has 1 aromatic carbocycles. The van der Waals surface area contributed by atoms with Gasteiger partial charge in [0.05, 0.1) is 6.54 Å². The van der Waals surface area contributed by atoms with Gasteiger partial charge in [-0.3, -0.25) is 4.90 Å². The Kier molecular flexibility index (Phi) is 4.10. The zero-order chi connectivity index (χ0) is 13.9. The van der Waals surface area contributed by atoms with E-state index in [9.17, 15) is 0 Å². The van der Waals surface area contributed by atoms with Crippen LogP contribution in [0.15, 0.2) is 40.8 Å². The van der Waals surface area contributed by atoms with Crippen LogP contribution in [0, 0.1) is 0 Å². The molecule has 0 radical (unpaired) electrons. The first-order valence-electron chi connectivity index (χ1n) is 6.91. The van der Waals surface area contributed by atoms with Gasteiger partial charge in [-0.15, -0.1) is 0 Å². The summed E-state index contributed by atoms with van der Waals surface area (Å²) in [6.07, 6.45) is 1.12. The van der Waals surface area contributed by atoms with Crippen LogP contribution in [0.2, 0.25) is 5.02 Å². The summed E-state index contributed by atoms with van der Waals surface area (Å²) in [4.78, 5) is 2.37. The SMILES string of the molecule is OCc1ccc(CN2CCC(c3ccccc3Cl)C2)o1. The molecule has 1 aliphatic rings. The van der Waals surface area contributed by atoms with Crippen molar-refractivity contribution in [3.8, 4) is 0 Å². The average molecular weight is 292 g/mol. The number of furan rings is 1. The summed E-state index contributed by atoms with van der Waals surface area (Å²) in [6.45, 7) is 2.80. The summed E-state index contributed by atoms with van der Waals surface area (Å²) in [5.74, 6) is 2.03. The maximum Gasteiger partial charge on any atom is 0.129 e. The van der Waals surface area contributed by atoms with Gasteiger partial charge in [-0.2, -0.15) is 0 Å². The van der Waals surface area contributed by atoms with E-state index in [1.54, 1.807) is 0 Å². The van der Waals surface area contributed by atoms with E-state index in [1.165, 1.54) is 5.56 Å². The minimum Gasteiger partial charge on any atom is -0.462 e. The minimum absolute atomic E-state index is 0.0394. The summed E-state index contributed by atoms with van der Waals surface area (Å²) in [5.41, 5.74) is 1.24. The van der Waals surface area contributed by atoms with Crippen molar-refractivity contribution in [2.45, 2.75) is 25.5 Å². The second kappa shape index (κ2) is 6.00. The molecule has 1 saturated heterocycles. The first-order valence-corrected chi connectivity index (χ1v) is 7.29. The highest BCUT2D eigenvalue weighted by molar-refractivity contribution is 6.31. The maximum atomic E-state index is 9.01. The Labute approximate surface area is 123 Å². The molecule has 0 saturated carbocycles. The van der Waals surface area contributed by atoms with E-state index >= 15 is 0 Å². The Bertz CT molecular complexity index is 581. The third-order valence-electron chi connectivity index (χ3n) is 3.87. The molecule has 0 spiro atoms. The summed E-state index contributed by atoms with van der Waals surface area (Å²) >= 11 is 6.27. The van der Waals surface area contributed by atoms with Crippen LogP contribution < -0.4 is 0 Å². The van der Waals surface area contributed by atoms with Crippen molar-refractivity contribution in [3.05, 3.63) is 58.5 Å². The fourth-order valence-electron chi connectivity index (χ4n) is 2.85. The number of aliphatic hydroxyl groups excluding tert-OH is 1. The molecule has 20 heavy (non-hydrogen) atoms. The largest absolute Gasteiger partial charge is 0.462 e. The highest BCUT2D eigenvalue weighted by atomic mass is 35.5. The van der Waals surface area contributed by atoms with Crippen molar-refractivity contribution in [2.75, 3.05) is 13.1 Å². The average Bonchev–Trinajstić information content (AvgIpc) is 3.09. The predicted octanol–water partition coefficient (Wildman–Crippen LogP) is 3.41. The second-order valence-corrected chi connectivity index (χ2v) is 5.68. The van der Waals surface area contributed by atoms with Crippen molar-refractivity contribution in [3.63, 3.8) is 0 Å². The van der Waals surface area contributed by atoms with Gasteiger partial charge in [0.25, 0.3) is 0 Å². The lowest BCUT2D eigenvalue weighted by atomic mass is 9.98. The summed E-state index contributed by atoms with van der Waals surface area (Å²) < 4.78 is 5.54. The lowest BCUT2D eigenvalue weighted by Crippen LogP contribution is -2.19. The van der Waals surface area contributed by atoms with E-state index in [-0.39, 0.29) is 6.61 Å². The molecule has 1 fully saturated rings. The second-order valence-electron chi connectivity index (χ2n) is 5.27. The van der Waals surface area contributed by atoms with Crippen LogP contribution in [0.4, 0.5) is 0 Å². The molecule has 3 nitrogen and oxygen atoms in total. The number of likely N-dealkylation sites (tertiary alicyclic amines) is 1. The predicted molar refractivity (Wildman–Crippen MR) is 78.7 cm³/mol. The van der Waals surface area contributed by atoms with Gasteiger partial charge in [0, 0.05) is 11.6 Å². The molecule has 106 valence electrons. The number of nitrogens with zero attached hydrogens (tertiary/aromatic N) is 1. The van der Waals surface area contributed by atoms with E-state index < -0.39 is 0 Å². The van der Waals surface area contributed by atoms with Gasteiger partial charge in [-0.1, -0.05) is 29.8 Å². The number of hydrogen-bond donors (Lipinski definition) is 1. The molecule has 1 unspecified atom stereocenters. The normalized spacial score (nSPS) is 19.6. The molecule has 2 heterocycles. The number of halogens is 1. The van der Waals surface area contributed by atoms with Crippen molar-refractivity contribution in [1.29, 1.82) is 0 Å². The van der Waals surface area contributed by atoms with E-state index in [0.717, 1.165) is 36.8 Å². The third-order valence-corrected chi connectivity index (χ3v) is 4.21. The summed E-state index contributed by atoms with van der Waals surface area (Å²) in [5, 5.41) is 9.87. The minimum atomic E-state index is -0.0394. The molecular formula is C16H18ClNO2. The Balaban J connectivity index is 1.63. The smallest absolute Gasteiger partial charge is 0.129 e. The summed E-state index contributed by atoms with van der Waals surface area (Å²) in [6, 6.07) is 11.9. The Morgan fingerprint density at radius 1 is 1.20 bits per heavy atom. The van der Waals surface area contributed by atoms with Crippen LogP contribution >= 0.6 is 11.6 Å². The third kappa shape index (κ3) is 2.90. The van der Waals surface area contributed by atoms with Gasteiger partial charge in [-0.25, -0.2) is 0 Å². The van der Waals surface area contributed by atoms with E-state index in [4.69, 9.17) is 21.1 Å². The number of rotatable bonds is 4. The lowest BCUT2D eigenvalue weighted by Gasteiger charge is -2.15. The van der Waals surface area contributed by atoms with Crippen LogP contribution in [-0.2, 0) is 13.2 Å². The zero-order valence-corrected chi connectivity index (χ0v) is 12.0. The molecular weight excluding hydrogens is 274 g/mol. The van der Waals surface area contributed by atoms with Crippen molar-refractivity contribution in [2.24, 2.45) is 0 Å². The van der Waals surface area contributed by atoms with Crippen LogP contribution in [0.1, 0.15) is 29.4 Å². The number of benzene rings is 1. The van der Waals surface area contributed by atoms with Crippen LogP contribution in [0.25, 0.3) is 0 Å². The summed E-state index contributed by atoms with van der Waals surface area (Å²) in [7, 11) is 0. The topological polar surface area (TPSA) is 36.6 Å². The molecule has 2 aromatic rings. The van der Waals surface area contributed by atoms with Crippen LogP contribution in [0.3, 0.4) is 0 Å². The molecule has 1 atom stereocenters. The Morgan fingerprint density at radius 3 is 2.75 bits per heavy atom. The lowest BCUT2D eigenvalue weighted by molar-refractivity contribution is 0.232. The zero-order valence-electron chi connectivity index (χ0n) is 11.3. The molecule has 0 aliphatic carbocycles. The van der Waals surface area contributed by atoms with Crippen molar-refractivity contribution >= 4 is 11.6 Å². The van der Waals surface area contributed by atoms with E-state index in [1.807, 2.05) is 30.3 Å². The fourth-order valence-corrected chi connectivity index (χ4v) is 3.14. The molecule has 0 bridgehead atoms. The monoisotopic (exact) mass is 291 g/mol. The van der Waals surface area contributed by atoms with Crippen molar-refractivity contribution in [1.82, 2.24) is 4.90 Å². The fraction of sp³-hybridized carbons (Fsp3) is 0.375. The van der Waals surface area contributed by atoms with E-state index in [2.05, 4.69) is 11.0 Å². The van der Waals surface area contributed by atoms with Gasteiger partial charge in [0.15, 0.2) is 0 Å². The van der Waals surface area contributed by atoms with Gasteiger partial charge >= 0.3 is 0 Å². The van der Waals surface area contributed by atoms with Gasteiger partial charge in [-0.05, 0) is 42.6 Å². The first kappa shape index (κ1) is 13.7. The molecule has 3 rings (SSSR count). The number of hydrogen-bond acceptors (Lipinski definition) is 3. The van der Waals surface area contributed by atoms with Crippen LogP contribution in [-0.4, -0.2) is 23.1 Å². The Morgan fingerprint density at radius 2 is 2.00 bits per heavy atom. The molecule has 4 heteroatoms. The molecule has 1 aliphatic heterocycles. The first-order chi connectivity index (χ1) is 9.76. The maximum absolute atomic E-state index is 9.01. The number of aliphatic hydroxyl groups is 1. The van der Waals surface area contributed by atoms with Gasteiger partial charge < -0.3 is 9.52 Å². The van der Waals surface area contributed by atoms with Gasteiger partial charge in [0.1, 0.15) is 18.1 Å². The molecule has 1 aromatic heterocycles. The highest BCUT2D eigenvalue weighted by Gasteiger charge is 2.25. The Hall–Kier alpha value is -1.29. The van der Waals surface area contributed by atoms with E-state index in [0.29, 0.717) is 11.7 Å². The molecule has 0 amide bonds. The quantitative estimate of drug-likeness (QED) is 0.938. The molecule has 1 N–H and O–H groups in total.